The highest BCUT2D eigenvalue weighted by atomic mass is 35.5. The van der Waals surface area contributed by atoms with E-state index in [1.54, 1.807) is 12.3 Å². The van der Waals surface area contributed by atoms with Crippen molar-refractivity contribution in [3.05, 3.63) is 22.4 Å². The van der Waals surface area contributed by atoms with E-state index in [0.717, 1.165) is 19.4 Å². The molecule has 1 unspecified atom stereocenters. The van der Waals surface area contributed by atoms with Crippen LogP contribution < -0.4 is 4.74 Å². The summed E-state index contributed by atoms with van der Waals surface area (Å²) in [5, 5.41) is 0.697. The van der Waals surface area contributed by atoms with Gasteiger partial charge in [0.2, 0.25) is 0 Å². The van der Waals surface area contributed by atoms with Crippen LogP contribution in [0.5, 0.6) is 5.75 Å². The first kappa shape index (κ1) is 11.0. The van der Waals surface area contributed by atoms with Crippen LogP contribution in [0.25, 0.3) is 0 Å². The van der Waals surface area contributed by atoms with Crippen LogP contribution in [-0.2, 0) is 4.74 Å². The normalized spacial score (nSPS) is 20.5. The van der Waals surface area contributed by atoms with Crippen molar-refractivity contribution in [2.75, 3.05) is 13.2 Å². The Labute approximate surface area is 98.3 Å². The molecule has 1 aromatic rings. The zero-order valence-electron chi connectivity index (χ0n) is 8.08. The van der Waals surface area contributed by atoms with E-state index in [9.17, 15) is 0 Å². The topological polar surface area (TPSA) is 31.4 Å². The molecule has 1 aliphatic rings. The van der Waals surface area contributed by atoms with Gasteiger partial charge in [-0.15, -0.1) is 0 Å². The highest BCUT2D eigenvalue weighted by Crippen LogP contribution is 2.24. The molecule has 0 bridgehead atoms. The molecule has 0 radical (unpaired) electrons. The Bertz CT molecular complexity index is 340. The number of halogens is 2. The molecular weight excluding hydrogens is 237 g/mol. The number of aromatic nitrogens is 1. The molecule has 2 rings (SSSR count). The predicted molar refractivity (Wildman–Crippen MR) is 58.7 cm³/mol. The van der Waals surface area contributed by atoms with Crippen molar-refractivity contribution in [3.63, 3.8) is 0 Å². The maximum Gasteiger partial charge on any atom is 0.147 e. The van der Waals surface area contributed by atoms with Gasteiger partial charge in [0, 0.05) is 12.7 Å². The summed E-state index contributed by atoms with van der Waals surface area (Å²) in [5.41, 5.74) is 0. The fraction of sp³-hybridized carbons (Fsp3) is 0.500. The van der Waals surface area contributed by atoms with E-state index in [-0.39, 0.29) is 6.10 Å². The highest BCUT2D eigenvalue weighted by molar-refractivity contribution is 6.41. The lowest BCUT2D eigenvalue weighted by molar-refractivity contribution is 0.0678. The Balaban J connectivity index is 1.90. The number of pyridine rings is 1. The summed E-state index contributed by atoms with van der Waals surface area (Å²) >= 11 is 11.5. The number of nitrogens with zero attached hydrogens (tertiary/aromatic N) is 1. The Morgan fingerprint density at radius 1 is 1.53 bits per heavy atom. The summed E-state index contributed by atoms with van der Waals surface area (Å²) in [5.74, 6) is 0.625. The maximum atomic E-state index is 5.80. The van der Waals surface area contributed by atoms with Gasteiger partial charge in [0.15, 0.2) is 0 Å². The third-order valence-electron chi connectivity index (χ3n) is 2.23. The van der Waals surface area contributed by atoms with Gasteiger partial charge in [0.05, 0.1) is 17.3 Å². The number of rotatable bonds is 3. The van der Waals surface area contributed by atoms with Gasteiger partial charge < -0.3 is 9.47 Å². The maximum absolute atomic E-state index is 5.80. The van der Waals surface area contributed by atoms with Gasteiger partial charge in [-0.05, 0) is 12.8 Å². The summed E-state index contributed by atoms with van der Waals surface area (Å²) in [7, 11) is 0. The molecule has 2 heterocycles. The Kier molecular flexibility index (Phi) is 3.67. The molecule has 3 nitrogen and oxygen atoms in total. The molecule has 0 spiro atoms. The van der Waals surface area contributed by atoms with E-state index < -0.39 is 0 Å². The van der Waals surface area contributed by atoms with Gasteiger partial charge in [-0.2, -0.15) is 0 Å². The number of hydrogen-bond donors (Lipinski definition) is 0. The second-order valence-corrected chi connectivity index (χ2v) is 4.15. The quantitative estimate of drug-likeness (QED) is 0.770. The molecule has 1 aliphatic heterocycles. The molecule has 1 atom stereocenters. The van der Waals surface area contributed by atoms with Crippen LogP contribution in [0.4, 0.5) is 0 Å². The van der Waals surface area contributed by atoms with Gasteiger partial charge in [0.25, 0.3) is 0 Å². The Morgan fingerprint density at radius 2 is 2.40 bits per heavy atom. The van der Waals surface area contributed by atoms with Crippen molar-refractivity contribution in [2.45, 2.75) is 18.9 Å². The summed E-state index contributed by atoms with van der Waals surface area (Å²) in [6.07, 6.45) is 3.91. The molecule has 15 heavy (non-hydrogen) atoms. The molecule has 5 heteroatoms. The van der Waals surface area contributed by atoms with E-state index in [4.69, 9.17) is 32.7 Å². The third kappa shape index (κ3) is 2.97. The van der Waals surface area contributed by atoms with Crippen LogP contribution in [0.2, 0.25) is 10.2 Å². The largest absolute Gasteiger partial charge is 0.489 e. The molecule has 82 valence electrons. The monoisotopic (exact) mass is 247 g/mol. The minimum absolute atomic E-state index is 0.194. The minimum atomic E-state index is 0.194. The van der Waals surface area contributed by atoms with E-state index in [1.807, 2.05) is 0 Å². The van der Waals surface area contributed by atoms with Crippen molar-refractivity contribution >= 4 is 23.2 Å². The summed E-state index contributed by atoms with van der Waals surface area (Å²) < 4.78 is 10.9. The highest BCUT2D eigenvalue weighted by Gasteiger charge is 2.16. The van der Waals surface area contributed by atoms with Crippen LogP contribution >= 0.6 is 23.2 Å². The summed E-state index contributed by atoms with van der Waals surface area (Å²) in [6, 6.07) is 1.66. The summed E-state index contributed by atoms with van der Waals surface area (Å²) in [4.78, 5) is 3.89. The molecule has 0 saturated carbocycles. The first-order chi connectivity index (χ1) is 7.25. The fourth-order valence-electron chi connectivity index (χ4n) is 1.45. The van der Waals surface area contributed by atoms with E-state index in [2.05, 4.69) is 4.98 Å². The zero-order chi connectivity index (χ0) is 10.7. The molecule has 0 aromatic carbocycles. The standard InChI is InChI=1S/C10H11Cl2NO2/c11-9-4-8(5-13-10(9)12)15-6-7-2-1-3-14-7/h4-5,7H,1-3,6H2. The third-order valence-corrected chi connectivity index (χ3v) is 2.92. The average molecular weight is 248 g/mol. The van der Waals surface area contributed by atoms with Gasteiger partial charge >= 0.3 is 0 Å². The van der Waals surface area contributed by atoms with E-state index in [1.165, 1.54) is 0 Å². The number of ether oxygens (including phenoxy) is 2. The summed E-state index contributed by atoms with van der Waals surface area (Å²) in [6.45, 7) is 1.37. The molecule has 1 fully saturated rings. The minimum Gasteiger partial charge on any atom is -0.489 e. The Morgan fingerprint density at radius 3 is 3.07 bits per heavy atom. The van der Waals surface area contributed by atoms with Crippen LogP contribution in [0.1, 0.15) is 12.8 Å². The lowest BCUT2D eigenvalue weighted by atomic mass is 10.2. The van der Waals surface area contributed by atoms with Crippen LogP contribution in [-0.4, -0.2) is 24.3 Å². The Hall–Kier alpha value is -0.510. The molecule has 1 saturated heterocycles. The molecule has 0 N–H and O–H groups in total. The first-order valence-electron chi connectivity index (χ1n) is 4.81. The van der Waals surface area contributed by atoms with E-state index >= 15 is 0 Å². The SMILES string of the molecule is Clc1cc(OCC2CCCO2)cnc1Cl. The van der Waals surface area contributed by atoms with Gasteiger partial charge in [-0.1, -0.05) is 23.2 Å². The molecule has 0 amide bonds. The van der Waals surface area contributed by atoms with Gasteiger partial charge in [-0.25, -0.2) is 4.98 Å². The predicted octanol–water partition coefficient (Wildman–Crippen LogP) is 2.95. The zero-order valence-corrected chi connectivity index (χ0v) is 9.59. The van der Waals surface area contributed by atoms with Crippen molar-refractivity contribution in [2.24, 2.45) is 0 Å². The van der Waals surface area contributed by atoms with Crippen LogP contribution in [0, 0.1) is 0 Å². The van der Waals surface area contributed by atoms with Crippen molar-refractivity contribution < 1.29 is 9.47 Å². The number of hydrogen-bond acceptors (Lipinski definition) is 3. The lowest BCUT2D eigenvalue weighted by Gasteiger charge is -2.11. The molecule has 1 aromatic heterocycles. The van der Waals surface area contributed by atoms with E-state index in [0.29, 0.717) is 22.5 Å². The van der Waals surface area contributed by atoms with Gasteiger partial charge in [0.1, 0.15) is 17.5 Å². The van der Waals surface area contributed by atoms with Gasteiger partial charge in [-0.3, -0.25) is 0 Å². The average Bonchev–Trinajstić information content (AvgIpc) is 2.73. The second-order valence-electron chi connectivity index (χ2n) is 3.39. The smallest absolute Gasteiger partial charge is 0.147 e. The van der Waals surface area contributed by atoms with Crippen LogP contribution in [0.15, 0.2) is 12.3 Å². The first-order valence-corrected chi connectivity index (χ1v) is 5.57. The van der Waals surface area contributed by atoms with Crippen molar-refractivity contribution in [1.82, 2.24) is 4.98 Å². The lowest BCUT2D eigenvalue weighted by Crippen LogP contribution is -2.16. The molecular formula is C10H11Cl2NO2. The van der Waals surface area contributed by atoms with Crippen molar-refractivity contribution in [1.29, 1.82) is 0 Å². The van der Waals surface area contributed by atoms with Crippen LogP contribution in [0.3, 0.4) is 0 Å². The fourth-order valence-corrected chi connectivity index (χ4v) is 1.71. The second kappa shape index (κ2) is 5.01. The molecule has 0 aliphatic carbocycles. The van der Waals surface area contributed by atoms with Crippen molar-refractivity contribution in [3.8, 4) is 5.75 Å².